The predicted molar refractivity (Wildman–Crippen MR) is 58.9 cm³/mol. The SMILES string of the molecule is Fc1ccc(Cc2nc(-c3ncn[nH]3)no2)cc1. The maximum atomic E-state index is 12.7. The van der Waals surface area contributed by atoms with Gasteiger partial charge in [0.05, 0.1) is 6.42 Å². The lowest BCUT2D eigenvalue weighted by atomic mass is 10.1. The Kier molecular flexibility index (Phi) is 2.56. The van der Waals surface area contributed by atoms with Gasteiger partial charge in [-0.2, -0.15) is 10.1 Å². The Labute approximate surface area is 101 Å². The van der Waals surface area contributed by atoms with E-state index in [-0.39, 0.29) is 5.82 Å². The molecule has 0 aliphatic heterocycles. The van der Waals surface area contributed by atoms with Crippen molar-refractivity contribution >= 4 is 0 Å². The van der Waals surface area contributed by atoms with E-state index in [1.54, 1.807) is 12.1 Å². The molecule has 2 heterocycles. The largest absolute Gasteiger partial charge is 0.339 e. The van der Waals surface area contributed by atoms with Crippen LogP contribution in [-0.4, -0.2) is 25.3 Å². The fourth-order valence-corrected chi connectivity index (χ4v) is 1.51. The number of aromatic amines is 1. The van der Waals surface area contributed by atoms with Gasteiger partial charge in [0, 0.05) is 0 Å². The Morgan fingerprint density at radius 2 is 2.06 bits per heavy atom. The predicted octanol–water partition coefficient (Wildman–Crippen LogP) is 1.58. The molecule has 2 aromatic heterocycles. The molecule has 0 saturated carbocycles. The molecule has 7 heteroatoms. The highest BCUT2D eigenvalue weighted by Gasteiger charge is 2.11. The quantitative estimate of drug-likeness (QED) is 0.757. The van der Waals surface area contributed by atoms with Crippen molar-refractivity contribution in [3.05, 3.63) is 47.9 Å². The zero-order chi connectivity index (χ0) is 12.4. The number of nitrogens with zero attached hydrogens (tertiary/aromatic N) is 4. The Morgan fingerprint density at radius 3 is 2.78 bits per heavy atom. The van der Waals surface area contributed by atoms with E-state index in [1.807, 2.05) is 0 Å². The van der Waals surface area contributed by atoms with Crippen LogP contribution in [0.5, 0.6) is 0 Å². The van der Waals surface area contributed by atoms with E-state index in [1.165, 1.54) is 18.5 Å². The fraction of sp³-hybridized carbons (Fsp3) is 0.0909. The van der Waals surface area contributed by atoms with Crippen LogP contribution in [0.2, 0.25) is 0 Å². The minimum absolute atomic E-state index is 0.272. The Balaban J connectivity index is 1.80. The molecule has 0 spiro atoms. The summed E-state index contributed by atoms with van der Waals surface area (Å²) < 4.78 is 17.8. The fourth-order valence-electron chi connectivity index (χ4n) is 1.51. The molecule has 0 fully saturated rings. The topological polar surface area (TPSA) is 80.5 Å². The second kappa shape index (κ2) is 4.36. The van der Waals surface area contributed by atoms with E-state index >= 15 is 0 Å². The minimum atomic E-state index is -0.272. The minimum Gasteiger partial charge on any atom is -0.339 e. The third kappa shape index (κ3) is 2.10. The summed E-state index contributed by atoms with van der Waals surface area (Å²) in [7, 11) is 0. The van der Waals surface area contributed by atoms with Crippen molar-refractivity contribution in [2.24, 2.45) is 0 Å². The normalized spacial score (nSPS) is 10.7. The second-order valence-corrected chi connectivity index (χ2v) is 3.65. The summed E-state index contributed by atoms with van der Waals surface area (Å²) in [4.78, 5) is 8.08. The lowest BCUT2D eigenvalue weighted by molar-refractivity contribution is 0.385. The molecule has 1 N–H and O–H groups in total. The highest BCUT2D eigenvalue weighted by molar-refractivity contribution is 5.39. The maximum absolute atomic E-state index is 12.7. The van der Waals surface area contributed by atoms with Crippen LogP contribution in [0.4, 0.5) is 4.39 Å². The van der Waals surface area contributed by atoms with Gasteiger partial charge in [-0.25, -0.2) is 9.37 Å². The standard InChI is InChI=1S/C11H8FN5O/c12-8-3-1-7(2-4-8)5-9-15-11(17-18-9)10-13-6-14-16-10/h1-4,6H,5H2,(H,13,14,16). The molecule has 0 atom stereocenters. The summed E-state index contributed by atoms with van der Waals surface area (Å²) in [6, 6.07) is 6.13. The zero-order valence-corrected chi connectivity index (χ0v) is 9.17. The first-order chi connectivity index (χ1) is 8.81. The molecule has 0 amide bonds. The third-order valence-corrected chi connectivity index (χ3v) is 2.36. The van der Waals surface area contributed by atoms with Gasteiger partial charge in [-0.15, -0.1) is 0 Å². The van der Waals surface area contributed by atoms with Crippen LogP contribution in [0.15, 0.2) is 35.1 Å². The smallest absolute Gasteiger partial charge is 0.239 e. The zero-order valence-electron chi connectivity index (χ0n) is 9.17. The molecule has 6 nitrogen and oxygen atoms in total. The molecule has 3 rings (SSSR count). The van der Waals surface area contributed by atoms with Gasteiger partial charge in [-0.3, -0.25) is 5.10 Å². The summed E-state index contributed by atoms with van der Waals surface area (Å²) in [5, 5.41) is 10.1. The Morgan fingerprint density at radius 1 is 1.22 bits per heavy atom. The first kappa shape index (κ1) is 10.6. The van der Waals surface area contributed by atoms with Crippen molar-refractivity contribution in [3.63, 3.8) is 0 Å². The van der Waals surface area contributed by atoms with Gasteiger partial charge in [0.2, 0.25) is 11.7 Å². The van der Waals surface area contributed by atoms with Gasteiger partial charge in [-0.1, -0.05) is 17.3 Å². The molecule has 0 radical (unpaired) electrons. The van der Waals surface area contributed by atoms with Crippen LogP contribution in [0.1, 0.15) is 11.5 Å². The van der Waals surface area contributed by atoms with Crippen molar-refractivity contribution in [3.8, 4) is 11.6 Å². The van der Waals surface area contributed by atoms with Crippen LogP contribution in [0.3, 0.4) is 0 Å². The van der Waals surface area contributed by atoms with E-state index in [9.17, 15) is 4.39 Å². The molecule has 0 unspecified atom stereocenters. The van der Waals surface area contributed by atoms with E-state index in [0.717, 1.165) is 5.56 Å². The molecule has 0 aliphatic carbocycles. The Hall–Kier alpha value is -2.57. The van der Waals surface area contributed by atoms with Crippen molar-refractivity contribution in [1.29, 1.82) is 0 Å². The Bertz CT molecular complexity index is 632. The molecule has 0 bridgehead atoms. The maximum Gasteiger partial charge on any atom is 0.239 e. The van der Waals surface area contributed by atoms with Crippen molar-refractivity contribution in [2.45, 2.75) is 6.42 Å². The summed E-state index contributed by atoms with van der Waals surface area (Å²) in [5.74, 6) is 0.966. The lowest BCUT2D eigenvalue weighted by Gasteiger charge is -1.95. The van der Waals surface area contributed by atoms with Crippen LogP contribution in [0.25, 0.3) is 11.6 Å². The van der Waals surface area contributed by atoms with E-state index in [4.69, 9.17) is 4.52 Å². The van der Waals surface area contributed by atoms with E-state index in [0.29, 0.717) is 24.0 Å². The van der Waals surface area contributed by atoms with Crippen molar-refractivity contribution < 1.29 is 8.91 Å². The monoisotopic (exact) mass is 245 g/mol. The summed E-state index contributed by atoms with van der Waals surface area (Å²) in [5.41, 5.74) is 0.893. The number of hydrogen-bond donors (Lipinski definition) is 1. The molecule has 3 aromatic rings. The number of hydrogen-bond acceptors (Lipinski definition) is 5. The van der Waals surface area contributed by atoms with Crippen LogP contribution in [0, 0.1) is 5.82 Å². The third-order valence-electron chi connectivity index (χ3n) is 2.36. The van der Waals surface area contributed by atoms with Crippen LogP contribution >= 0.6 is 0 Å². The average Bonchev–Trinajstić information content (AvgIpc) is 3.02. The van der Waals surface area contributed by atoms with Crippen molar-refractivity contribution in [1.82, 2.24) is 25.3 Å². The summed E-state index contributed by atoms with van der Waals surface area (Å²) >= 11 is 0. The number of nitrogens with one attached hydrogen (secondary N) is 1. The van der Waals surface area contributed by atoms with Gasteiger partial charge < -0.3 is 4.52 Å². The molecule has 1 aromatic carbocycles. The van der Waals surface area contributed by atoms with Gasteiger partial charge in [0.25, 0.3) is 0 Å². The second-order valence-electron chi connectivity index (χ2n) is 3.65. The van der Waals surface area contributed by atoms with Gasteiger partial charge in [0.1, 0.15) is 12.1 Å². The molecule has 0 saturated heterocycles. The van der Waals surface area contributed by atoms with Crippen LogP contribution < -0.4 is 0 Å². The van der Waals surface area contributed by atoms with Gasteiger partial charge in [0.15, 0.2) is 5.82 Å². The molecule has 90 valence electrons. The molecular formula is C11H8FN5O. The first-order valence-electron chi connectivity index (χ1n) is 5.24. The highest BCUT2D eigenvalue weighted by Crippen LogP contribution is 2.12. The summed E-state index contributed by atoms with van der Waals surface area (Å²) in [6.45, 7) is 0. The van der Waals surface area contributed by atoms with E-state index in [2.05, 4.69) is 25.3 Å². The number of aromatic nitrogens is 5. The number of rotatable bonds is 3. The number of halogens is 1. The van der Waals surface area contributed by atoms with Gasteiger partial charge in [-0.05, 0) is 17.7 Å². The number of H-pyrrole nitrogens is 1. The highest BCUT2D eigenvalue weighted by atomic mass is 19.1. The molecule has 0 aliphatic rings. The molecule has 18 heavy (non-hydrogen) atoms. The average molecular weight is 245 g/mol. The van der Waals surface area contributed by atoms with E-state index < -0.39 is 0 Å². The lowest BCUT2D eigenvalue weighted by Crippen LogP contribution is -1.89. The van der Waals surface area contributed by atoms with Gasteiger partial charge >= 0.3 is 0 Å². The van der Waals surface area contributed by atoms with Crippen molar-refractivity contribution in [2.75, 3.05) is 0 Å². The van der Waals surface area contributed by atoms with Crippen LogP contribution in [-0.2, 0) is 6.42 Å². The summed E-state index contributed by atoms with van der Waals surface area (Å²) in [6.07, 6.45) is 1.81. The number of benzene rings is 1. The first-order valence-corrected chi connectivity index (χ1v) is 5.24. The molecular weight excluding hydrogens is 237 g/mol.